The van der Waals surface area contributed by atoms with Crippen LogP contribution in [0.1, 0.15) is 27.0 Å². The molecule has 0 fully saturated rings. The molecule has 7 heteroatoms. The number of rotatable bonds is 2. The molecule has 2 aromatic rings. The van der Waals surface area contributed by atoms with E-state index in [2.05, 4.69) is 0 Å². The van der Waals surface area contributed by atoms with Crippen molar-refractivity contribution in [2.45, 2.75) is 18.8 Å². The Hall–Kier alpha value is -2.77. The van der Waals surface area contributed by atoms with Crippen LogP contribution in [-0.4, -0.2) is 45.3 Å². The predicted molar refractivity (Wildman–Crippen MR) is 99.2 cm³/mol. The van der Waals surface area contributed by atoms with E-state index in [1.165, 1.54) is 0 Å². The normalized spacial score (nSPS) is 22.8. The van der Waals surface area contributed by atoms with Crippen LogP contribution in [0.25, 0.3) is 0 Å². The Labute approximate surface area is 162 Å². The zero-order valence-electron chi connectivity index (χ0n) is 16.0. The number of likely N-dealkylation sites (N-methyl/N-ethyl adjacent to an activating group) is 1. The number of Topliss-reactive ketones (excluding diaryl/α,β-unsaturated/α-hetero) is 1. The van der Waals surface area contributed by atoms with Gasteiger partial charge in [-0.2, -0.15) is 0 Å². The molecule has 0 aliphatic carbocycles. The van der Waals surface area contributed by atoms with Crippen LogP contribution in [0.3, 0.4) is 0 Å². The molecule has 5 rings (SSSR count). The maximum atomic E-state index is 13.8. The number of carbonyl (C=O) groups is 1. The fourth-order valence-electron chi connectivity index (χ4n) is 4.39. The van der Waals surface area contributed by atoms with Crippen molar-refractivity contribution in [1.82, 2.24) is 4.90 Å². The first-order valence-electron chi connectivity index (χ1n) is 9.17. The number of carbonyl (C=O) groups excluding carboxylic acids is 1. The molecule has 1 spiro atoms. The zero-order valence-corrected chi connectivity index (χ0v) is 16.0. The number of hydrogen-bond acceptors (Lipinski definition) is 7. The lowest BCUT2D eigenvalue weighted by molar-refractivity contribution is -0.140. The van der Waals surface area contributed by atoms with Crippen molar-refractivity contribution in [2.75, 3.05) is 34.6 Å². The molecule has 146 valence electrons. The molecule has 2 aromatic carbocycles. The molecule has 1 unspecified atom stereocenters. The highest BCUT2D eigenvalue weighted by Crippen LogP contribution is 2.49. The van der Waals surface area contributed by atoms with Gasteiger partial charge in [0.1, 0.15) is 0 Å². The van der Waals surface area contributed by atoms with Crippen LogP contribution in [-0.2, 0) is 23.5 Å². The monoisotopic (exact) mass is 383 g/mol. The summed E-state index contributed by atoms with van der Waals surface area (Å²) >= 11 is 0. The largest absolute Gasteiger partial charge is 0.493 e. The molecular weight excluding hydrogens is 362 g/mol. The van der Waals surface area contributed by atoms with E-state index < -0.39 is 5.72 Å². The van der Waals surface area contributed by atoms with Crippen molar-refractivity contribution in [3.8, 4) is 23.0 Å². The molecule has 0 aromatic heterocycles. The standard InChI is InChI=1S/C21H21NO6/c1-22-7-6-12-8-17(24-2)18(25-3)9-15(12)21(22)20(23)13-4-5-16-19(27-11-26-16)14(13)10-28-21/h4-5,8-9H,6-7,10-11H2,1-3H3. The number of hydrogen-bond donors (Lipinski definition) is 0. The maximum absolute atomic E-state index is 13.8. The van der Waals surface area contributed by atoms with E-state index in [0.29, 0.717) is 35.1 Å². The van der Waals surface area contributed by atoms with Gasteiger partial charge in [-0.05, 0) is 43.3 Å². The first-order valence-corrected chi connectivity index (χ1v) is 9.17. The fraction of sp³-hybridized carbons (Fsp3) is 0.381. The Morgan fingerprint density at radius 3 is 2.68 bits per heavy atom. The molecule has 3 heterocycles. The molecule has 3 aliphatic heterocycles. The number of nitrogens with zero attached hydrogens (tertiary/aromatic N) is 1. The first-order chi connectivity index (χ1) is 13.6. The summed E-state index contributed by atoms with van der Waals surface area (Å²) in [5, 5.41) is 0. The van der Waals surface area contributed by atoms with Crippen molar-refractivity contribution >= 4 is 5.78 Å². The van der Waals surface area contributed by atoms with Gasteiger partial charge in [0.15, 0.2) is 23.0 Å². The van der Waals surface area contributed by atoms with Crippen molar-refractivity contribution in [3.05, 3.63) is 46.5 Å². The lowest BCUT2D eigenvalue weighted by atomic mass is 9.81. The number of ketones is 1. The molecule has 7 nitrogen and oxygen atoms in total. The van der Waals surface area contributed by atoms with E-state index in [9.17, 15) is 4.79 Å². The fourth-order valence-corrected chi connectivity index (χ4v) is 4.39. The van der Waals surface area contributed by atoms with Crippen molar-refractivity contribution in [2.24, 2.45) is 0 Å². The Balaban J connectivity index is 1.70. The molecule has 0 saturated heterocycles. The van der Waals surface area contributed by atoms with Gasteiger partial charge < -0.3 is 23.7 Å². The summed E-state index contributed by atoms with van der Waals surface area (Å²) in [4.78, 5) is 15.8. The molecular formula is C21H21NO6. The third-order valence-electron chi connectivity index (χ3n) is 5.85. The summed E-state index contributed by atoms with van der Waals surface area (Å²) in [5.74, 6) is 2.36. The van der Waals surface area contributed by atoms with Crippen molar-refractivity contribution in [1.29, 1.82) is 0 Å². The molecule has 0 bridgehead atoms. The Morgan fingerprint density at radius 2 is 1.89 bits per heavy atom. The topological polar surface area (TPSA) is 66.5 Å². The predicted octanol–water partition coefficient (Wildman–Crippen LogP) is 2.49. The first kappa shape index (κ1) is 17.3. The smallest absolute Gasteiger partial charge is 0.231 e. The summed E-state index contributed by atoms with van der Waals surface area (Å²) in [6.07, 6.45) is 0.790. The van der Waals surface area contributed by atoms with Crippen LogP contribution >= 0.6 is 0 Å². The average molecular weight is 383 g/mol. The van der Waals surface area contributed by atoms with E-state index in [-0.39, 0.29) is 19.2 Å². The Bertz CT molecular complexity index is 987. The van der Waals surface area contributed by atoms with Gasteiger partial charge >= 0.3 is 0 Å². The SMILES string of the molecule is COc1cc2c(cc1OC)C1(OCc3c(ccc4c3OCO4)C1=O)N(C)CC2. The third kappa shape index (κ3) is 2.14. The Kier molecular flexibility index (Phi) is 3.79. The molecule has 0 N–H and O–H groups in total. The highest BCUT2D eigenvalue weighted by atomic mass is 16.7. The molecule has 1 atom stereocenters. The van der Waals surface area contributed by atoms with Crippen molar-refractivity contribution in [3.63, 3.8) is 0 Å². The molecule has 0 saturated carbocycles. The van der Waals surface area contributed by atoms with Crippen LogP contribution < -0.4 is 18.9 Å². The Morgan fingerprint density at radius 1 is 1.11 bits per heavy atom. The van der Waals surface area contributed by atoms with Gasteiger partial charge in [0.2, 0.25) is 18.3 Å². The van der Waals surface area contributed by atoms with E-state index in [0.717, 1.165) is 23.1 Å². The van der Waals surface area contributed by atoms with E-state index >= 15 is 0 Å². The van der Waals surface area contributed by atoms with Gasteiger partial charge in [-0.3, -0.25) is 9.69 Å². The third-order valence-corrected chi connectivity index (χ3v) is 5.85. The van der Waals surface area contributed by atoms with Gasteiger partial charge in [0, 0.05) is 23.2 Å². The van der Waals surface area contributed by atoms with Crippen molar-refractivity contribution < 1.29 is 28.5 Å². The number of methoxy groups -OCH3 is 2. The summed E-state index contributed by atoms with van der Waals surface area (Å²) < 4.78 is 28.3. The summed E-state index contributed by atoms with van der Waals surface area (Å²) in [6, 6.07) is 7.39. The van der Waals surface area contributed by atoms with Crippen LogP contribution in [0.15, 0.2) is 24.3 Å². The summed E-state index contributed by atoms with van der Waals surface area (Å²) in [5.41, 5.74) is 1.96. The minimum Gasteiger partial charge on any atom is -0.493 e. The second-order valence-corrected chi connectivity index (χ2v) is 7.12. The number of ether oxygens (including phenoxy) is 5. The van der Waals surface area contributed by atoms with Crippen LogP contribution in [0.2, 0.25) is 0 Å². The second kappa shape index (κ2) is 6.12. The lowest BCUT2D eigenvalue weighted by Gasteiger charge is -2.47. The zero-order chi connectivity index (χ0) is 19.5. The number of benzene rings is 2. The van der Waals surface area contributed by atoms with Crippen LogP contribution in [0, 0.1) is 0 Å². The molecule has 28 heavy (non-hydrogen) atoms. The van der Waals surface area contributed by atoms with Gasteiger partial charge in [-0.1, -0.05) is 0 Å². The molecule has 0 amide bonds. The summed E-state index contributed by atoms with van der Waals surface area (Å²) in [7, 11) is 5.11. The molecule has 3 aliphatic rings. The highest BCUT2D eigenvalue weighted by Gasteiger charge is 2.53. The summed E-state index contributed by atoms with van der Waals surface area (Å²) in [6.45, 7) is 1.10. The lowest BCUT2D eigenvalue weighted by Crippen LogP contribution is -2.57. The van der Waals surface area contributed by atoms with E-state index in [1.54, 1.807) is 26.4 Å². The minimum absolute atomic E-state index is 0.109. The van der Waals surface area contributed by atoms with Gasteiger partial charge in [0.25, 0.3) is 0 Å². The van der Waals surface area contributed by atoms with Gasteiger partial charge in [0.05, 0.1) is 20.8 Å². The maximum Gasteiger partial charge on any atom is 0.231 e. The minimum atomic E-state index is -1.20. The number of fused-ring (bicyclic) bond motifs is 5. The van der Waals surface area contributed by atoms with Gasteiger partial charge in [-0.15, -0.1) is 0 Å². The quantitative estimate of drug-likeness (QED) is 0.789. The van der Waals surface area contributed by atoms with Crippen LogP contribution in [0.5, 0.6) is 23.0 Å². The second-order valence-electron chi connectivity index (χ2n) is 7.12. The van der Waals surface area contributed by atoms with E-state index in [4.69, 9.17) is 23.7 Å². The molecule has 0 radical (unpaired) electrons. The van der Waals surface area contributed by atoms with E-state index in [1.807, 2.05) is 24.1 Å². The highest BCUT2D eigenvalue weighted by molar-refractivity contribution is 6.05. The average Bonchev–Trinajstić information content (AvgIpc) is 3.20. The van der Waals surface area contributed by atoms with Crippen LogP contribution in [0.4, 0.5) is 0 Å². The van der Waals surface area contributed by atoms with Gasteiger partial charge in [-0.25, -0.2) is 0 Å².